The molecule has 2 N–H and O–H groups in total. The average molecular weight is 714 g/mol. The summed E-state index contributed by atoms with van der Waals surface area (Å²) in [7, 11) is 3.68. The summed E-state index contributed by atoms with van der Waals surface area (Å²) in [4.78, 5) is 56.6. The summed E-state index contributed by atoms with van der Waals surface area (Å²) in [6, 6.07) is 14.6. The van der Waals surface area contributed by atoms with Crippen LogP contribution < -0.4 is 21.1 Å². The molecule has 11 nitrogen and oxygen atoms in total. The molecular formula is C39H48ClN7O4. The number of hydrogen-bond donors (Lipinski definition) is 2. The molecule has 7 rings (SSSR count). The SMILES string of the molecule is Cc1cc(C2CCC(=O)NC2=O)ccc1N1CCC2(CCN(C(=O)c3ccc(C4CC(Nc5cnn(C)c(=O)c5Cl)CN(C)C4)cc3)CC2)CC1. The Morgan fingerprint density at radius 3 is 2.31 bits per heavy atom. The first-order valence-corrected chi connectivity index (χ1v) is 18.6. The summed E-state index contributed by atoms with van der Waals surface area (Å²) < 4.78 is 1.23. The number of piperidine rings is 4. The summed E-state index contributed by atoms with van der Waals surface area (Å²) in [6.07, 6.45) is 7.68. The molecule has 4 aliphatic heterocycles. The predicted octanol–water partition coefficient (Wildman–Crippen LogP) is 4.68. The highest BCUT2D eigenvalue weighted by Gasteiger charge is 2.39. The van der Waals surface area contributed by atoms with E-state index in [-0.39, 0.29) is 51.6 Å². The third-order valence-corrected chi connectivity index (χ3v) is 12.2. The first kappa shape index (κ1) is 35.2. The zero-order valence-corrected chi connectivity index (χ0v) is 30.5. The average Bonchev–Trinajstić information content (AvgIpc) is 3.12. The molecule has 3 amide bonds. The Bertz CT molecular complexity index is 1860. The largest absolute Gasteiger partial charge is 0.378 e. The van der Waals surface area contributed by atoms with Crippen molar-refractivity contribution in [2.24, 2.45) is 12.5 Å². The number of carbonyl (C=O) groups excluding carboxylic acids is 3. The van der Waals surface area contributed by atoms with Gasteiger partial charge in [0.25, 0.3) is 11.5 Å². The molecule has 0 bridgehead atoms. The normalized spacial score (nSPS) is 24.0. The molecule has 51 heavy (non-hydrogen) atoms. The fourth-order valence-electron chi connectivity index (χ4n) is 8.75. The minimum Gasteiger partial charge on any atom is -0.378 e. The maximum Gasteiger partial charge on any atom is 0.287 e. The van der Waals surface area contributed by atoms with E-state index in [1.54, 1.807) is 13.2 Å². The van der Waals surface area contributed by atoms with Gasteiger partial charge in [-0.2, -0.15) is 5.10 Å². The lowest BCUT2D eigenvalue weighted by atomic mass is 9.71. The van der Waals surface area contributed by atoms with E-state index in [1.165, 1.54) is 15.9 Å². The number of aromatic nitrogens is 2. The van der Waals surface area contributed by atoms with Crippen LogP contribution >= 0.6 is 11.6 Å². The number of aryl methyl sites for hydroxylation is 2. The van der Waals surface area contributed by atoms with Crippen molar-refractivity contribution in [3.63, 3.8) is 0 Å². The van der Waals surface area contributed by atoms with Crippen molar-refractivity contribution in [1.82, 2.24) is 24.9 Å². The number of hydrogen-bond acceptors (Lipinski definition) is 8. The van der Waals surface area contributed by atoms with E-state index in [0.29, 0.717) is 18.5 Å². The van der Waals surface area contributed by atoms with Crippen molar-refractivity contribution < 1.29 is 14.4 Å². The van der Waals surface area contributed by atoms with Crippen LogP contribution in [0, 0.1) is 12.3 Å². The molecule has 4 saturated heterocycles. The van der Waals surface area contributed by atoms with Crippen molar-refractivity contribution in [2.45, 2.75) is 69.7 Å². The third-order valence-electron chi connectivity index (χ3n) is 11.8. The van der Waals surface area contributed by atoms with Crippen LogP contribution in [-0.2, 0) is 16.6 Å². The Labute approximate surface area is 304 Å². The van der Waals surface area contributed by atoms with Gasteiger partial charge in [0.05, 0.1) is 17.8 Å². The lowest BCUT2D eigenvalue weighted by Gasteiger charge is -2.47. The molecule has 1 spiro atoms. The highest BCUT2D eigenvalue weighted by Crippen LogP contribution is 2.43. The van der Waals surface area contributed by atoms with Gasteiger partial charge in [0.1, 0.15) is 5.02 Å². The summed E-state index contributed by atoms with van der Waals surface area (Å²) in [5.74, 6) is -0.267. The fourth-order valence-corrected chi connectivity index (χ4v) is 8.97. The monoisotopic (exact) mass is 713 g/mol. The van der Waals surface area contributed by atoms with Gasteiger partial charge in [0.15, 0.2) is 0 Å². The standard InChI is InChI=1S/C39H48ClN7O4/c1-25-20-28(31-9-11-34(48)43-36(31)49)8-10-33(25)46-16-12-39(13-17-46)14-18-47(19-15-39)37(50)27-6-4-26(5-7-27)29-21-30(24-44(2)23-29)42-32-22-41-45(3)38(51)35(32)40/h4-8,10,20,22,29-31,42H,9,11-19,21,23-24H2,1-3H3,(H,43,48,49). The van der Waals surface area contributed by atoms with Crippen LogP contribution in [0.25, 0.3) is 0 Å². The minimum absolute atomic E-state index is 0.101. The van der Waals surface area contributed by atoms with E-state index < -0.39 is 0 Å². The fraction of sp³-hybridized carbons (Fsp3) is 0.513. The van der Waals surface area contributed by atoms with E-state index in [9.17, 15) is 19.2 Å². The number of amides is 3. The summed E-state index contributed by atoms with van der Waals surface area (Å²) >= 11 is 6.32. The van der Waals surface area contributed by atoms with E-state index in [4.69, 9.17) is 11.6 Å². The van der Waals surface area contributed by atoms with Crippen LogP contribution in [0.15, 0.2) is 53.5 Å². The van der Waals surface area contributed by atoms with Gasteiger partial charge in [-0.3, -0.25) is 24.5 Å². The van der Waals surface area contributed by atoms with Gasteiger partial charge in [-0.15, -0.1) is 0 Å². The van der Waals surface area contributed by atoms with Gasteiger partial charge in [-0.1, -0.05) is 35.9 Å². The number of carbonyl (C=O) groups is 3. The first-order valence-electron chi connectivity index (χ1n) is 18.2. The van der Waals surface area contributed by atoms with Gasteiger partial charge < -0.3 is 20.0 Å². The van der Waals surface area contributed by atoms with Crippen molar-refractivity contribution in [1.29, 1.82) is 0 Å². The zero-order chi connectivity index (χ0) is 35.9. The van der Waals surface area contributed by atoms with Gasteiger partial charge in [-0.25, -0.2) is 4.68 Å². The number of likely N-dealkylation sites (tertiary alicyclic amines) is 2. The summed E-state index contributed by atoms with van der Waals surface area (Å²) in [5, 5.41) is 10.2. The maximum absolute atomic E-state index is 13.6. The molecule has 270 valence electrons. The molecule has 5 heterocycles. The Morgan fingerprint density at radius 1 is 0.941 bits per heavy atom. The molecule has 2 aromatic carbocycles. The second kappa shape index (κ2) is 14.4. The van der Waals surface area contributed by atoms with Crippen LogP contribution in [-0.4, -0.2) is 89.7 Å². The molecule has 4 fully saturated rings. The molecule has 1 aromatic heterocycles. The molecular weight excluding hydrogens is 666 g/mol. The number of nitrogens with one attached hydrogen (secondary N) is 2. The molecule has 0 saturated carbocycles. The van der Waals surface area contributed by atoms with Gasteiger partial charge >= 0.3 is 0 Å². The van der Waals surface area contributed by atoms with Crippen molar-refractivity contribution in [3.05, 3.63) is 86.3 Å². The topological polar surface area (TPSA) is 120 Å². The number of imide groups is 1. The number of benzene rings is 2. The number of likely N-dealkylation sites (N-methyl/N-ethyl adjacent to an activating group) is 1. The number of halogens is 1. The molecule has 3 atom stereocenters. The minimum atomic E-state index is -0.320. The van der Waals surface area contributed by atoms with Crippen LogP contribution in [0.1, 0.15) is 83.8 Å². The first-order chi connectivity index (χ1) is 24.5. The molecule has 12 heteroatoms. The number of rotatable bonds is 6. The van der Waals surface area contributed by atoms with Gasteiger partial charge in [0.2, 0.25) is 11.8 Å². The zero-order valence-electron chi connectivity index (χ0n) is 29.8. The Balaban J connectivity index is 0.912. The van der Waals surface area contributed by atoms with E-state index >= 15 is 0 Å². The Kier molecular flexibility index (Phi) is 9.95. The molecule has 4 aliphatic rings. The summed E-state index contributed by atoms with van der Waals surface area (Å²) in [5.41, 5.74) is 5.79. The summed E-state index contributed by atoms with van der Waals surface area (Å²) in [6.45, 7) is 7.36. The number of nitrogens with zero attached hydrogens (tertiary/aromatic N) is 5. The van der Waals surface area contributed by atoms with Crippen LogP contribution in [0.3, 0.4) is 0 Å². The van der Waals surface area contributed by atoms with Crippen molar-refractivity contribution in [3.8, 4) is 0 Å². The molecule has 3 unspecified atom stereocenters. The van der Waals surface area contributed by atoms with Crippen LogP contribution in [0.4, 0.5) is 11.4 Å². The maximum atomic E-state index is 13.6. The smallest absolute Gasteiger partial charge is 0.287 e. The second-order valence-electron chi connectivity index (χ2n) is 15.2. The van der Waals surface area contributed by atoms with Gasteiger partial charge in [-0.05, 0) is 98.7 Å². The molecule has 0 radical (unpaired) electrons. The number of anilines is 2. The highest BCUT2D eigenvalue weighted by molar-refractivity contribution is 6.32. The van der Waals surface area contributed by atoms with Crippen molar-refractivity contribution in [2.75, 3.05) is 56.5 Å². The highest BCUT2D eigenvalue weighted by atomic mass is 35.5. The van der Waals surface area contributed by atoms with Crippen molar-refractivity contribution >= 4 is 40.7 Å². The van der Waals surface area contributed by atoms with E-state index in [0.717, 1.165) is 88.1 Å². The Morgan fingerprint density at radius 2 is 1.63 bits per heavy atom. The molecule has 3 aromatic rings. The van der Waals surface area contributed by atoms with Gasteiger partial charge in [0, 0.05) is 70.0 Å². The third kappa shape index (κ3) is 7.42. The lowest BCUT2D eigenvalue weighted by Crippen LogP contribution is -2.48. The van der Waals surface area contributed by atoms with E-state index in [2.05, 4.69) is 69.8 Å². The second-order valence-corrected chi connectivity index (χ2v) is 15.6. The quantitative estimate of drug-likeness (QED) is 0.354. The molecule has 0 aliphatic carbocycles. The van der Waals surface area contributed by atoms with E-state index in [1.807, 2.05) is 17.0 Å². The lowest BCUT2D eigenvalue weighted by molar-refractivity contribution is -0.134. The predicted molar refractivity (Wildman–Crippen MR) is 199 cm³/mol. The van der Waals surface area contributed by atoms with Crippen LogP contribution in [0.5, 0.6) is 0 Å². The van der Waals surface area contributed by atoms with Crippen LogP contribution in [0.2, 0.25) is 5.02 Å². The Hall–Kier alpha value is -4.22.